The van der Waals surface area contributed by atoms with Crippen LogP contribution in [0.1, 0.15) is 39.2 Å². The summed E-state index contributed by atoms with van der Waals surface area (Å²) in [7, 11) is 0. The highest BCUT2D eigenvalue weighted by Gasteiger charge is 2.17. The van der Waals surface area contributed by atoms with Crippen LogP contribution in [0.5, 0.6) is 0 Å². The van der Waals surface area contributed by atoms with Gasteiger partial charge in [-0.3, -0.25) is 0 Å². The van der Waals surface area contributed by atoms with Gasteiger partial charge in [-0.1, -0.05) is 13.3 Å². The van der Waals surface area contributed by atoms with Crippen LogP contribution < -0.4 is 11.1 Å². The molecule has 0 spiro atoms. The van der Waals surface area contributed by atoms with E-state index in [-0.39, 0.29) is 5.54 Å². The average Bonchev–Trinajstić information content (AvgIpc) is 2.10. The van der Waals surface area contributed by atoms with E-state index in [4.69, 9.17) is 5.73 Å². The molecule has 0 aromatic carbocycles. The largest absolute Gasteiger partial charge is 0.368 e. The van der Waals surface area contributed by atoms with E-state index in [0.717, 1.165) is 24.2 Å². The Morgan fingerprint density at radius 1 is 1.47 bits per heavy atom. The Labute approximate surface area is 91.3 Å². The minimum Gasteiger partial charge on any atom is -0.368 e. The molecular weight excluding hydrogens is 188 g/mol. The van der Waals surface area contributed by atoms with Crippen molar-refractivity contribution in [1.82, 2.24) is 9.97 Å². The van der Waals surface area contributed by atoms with Crippen LogP contribution in [0, 0.1) is 6.92 Å². The number of nitrogen functional groups attached to an aromatic ring is 1. The second-order valence-electron chi connectivity index (χ2n) is 4.52. The Balaban J connectivity index is 2.83. The zero-order valence-corrected chi connectivity index (χ0v) is 9.96. The van der Waals surface area contributed by atoms with E-state index < -0.39 is 0 Å². The molecule has 1 rings (SSSR count). The fourth-order valence-corrected chi connectivity index (χ4v) is 1.59. The van der Waals surface area contributed by atoms with Gasteiger partial charge in [0.05, 0.1) is 0 Å². The van der Waals surface area contributed by atoms with E-state index >= 15 is 0 Å². The number of nitrogens with zero attached hydrogens (tertiary/aromatic N) is 2. The zero-order valence-electron chi connectivity index (χ0n) is 9.96. The molecule has 0 unspecified atom stereocenters. The van der Waals surface area contributed by atoms with Crippen LogP contribution in [0.15, 0.2) is 6.20 Å². The summed E-state index contributed by atoms with van der Waals surface area (Å²) in [5.41, 5.74) is 6.62. The second-order valence-corrected chi connectivity index (χ2v) is 4.52. The number of aromatic nitrogens is 2. The molecule has 84 valence electrons. The molecule has 0 fully saturated rings. The average molecular weight is 208 g/mol. The number of nitrogens with one attached hydrogen (secondary N) is 1. The fraction of sp³-hybridized carbons (Fsp3) is 0.636. The predicted octanol–water partition coefficient (Wildman–Crippen LogP) is 2.36. The molecule has 0 saturated heterocycles. The van der Waals surface area contributed by atoms with Crippen LogP contribution in [0.4, 0.5) is 11.8 Å². The third-order valence-electron chi connectivity index (χ3n) is 2.32. The van der Waals surface area contributed by atoms with Crippen molar-refractivity contribution in [3.63, 3.8) is 0 Å². The smallest absolute Gasteiger partial charge is 0.221 e. The third-order valence-corrected chi connectivity index (χ3v) is 2.32. The molecule has 4 heteroatoms. The van der Waals surface area contributed by atoms with Crippen molar-refractivity contribution in [1.29, 1.82) is 0 Å². The van der Waals surface area contributed by atoms with E-state index in [1.54, 1.807) is 6.20 Å². The molecule has 0 atom stereocenters. The number of hydrogen-bond donors (Lipinski definition) is 2. The van der Waals surface area contributed by atoms with Crippen molar-refractivity contribution in [3.8, 4) is 0 Å². The minimum absolute atomic E-state index is 0.0420. The lowest BCUT2D eigenvalue weighted by atomic mass is 9.99. The summed E-state index contributed by atoms with van der Waals surface area (Å²) in [6.45, 7) is 8.47. The van der Waals surface area contributed by atoms with Crippen LogP contribution in [0.2, 0.25) is 0 Å². The summed E-state index contributed by atoms with van der Waals surface area (Å²) < 4.78 is 0. The summed E-state index contributed by atoms with van der Waals surface area (Å²) in [6.07, 6.45) is 3.97. The van der Waals surface area contributed by atoms with Gasteiger partial charge < -0.3 is 11.1 Å². The number of rotatable bonds is 4. The Kier molecular flexibility index (Phi) is 3.50. The molecule has 0 aliphatic heterocycles. The van der Waals surface area contributed by atoms with E-state index in [9.17, 15) is 0 Å². The maximum atomic E-state index is 5.56. The van der Waals surface area contributed by atoms with Crippen molar-refractivity contribution >= 4 is 11.8 Å². The van der Waals surface area contributed by atoms with Gasteiger partial charge in [-0.2, -0.15) is 4.98 Å². The SMILES string of the molecule is CCCC(C)(C)Nc1nc(N)ncc1C. The second kappa shape index (κ2) is 4.47. The van der Waals surface area contributed by atoms with E-state index in [1.165, 1.54) is 0 Å². The van der Waals surface area contributed by atoms with Gasteiger partial charge in [0, 0.05) is 17.3 Å². The Bertz CT molecular complexity index is 333. The van der Waals surface area contributed by atoms with Gasteiger partial charge in [-0.05, 0) is 27.2 Å². The number of nitrogens with two attached hydrogens (primary N) is 1. The van der Waals surface area contributed by atoms with E-state index in [2.05, 4.69) is 36.1 Å². The van der Waals surface area contributed by atoms with Gasteiger partial charge >= 0.3 is 0 Å². The van der Waals surface area contributed by atoms with Gasteiger partial charge in [0.25, 0.3) is 0 Å². The molecule has 15 heavy (non-hydrogen) atoms. The van der Waals surface area contributed by atoms with Crippen molar-refractivity contribution in [2.45, 2.75) is 46.1 Å². The topological polar surface area (TPSA) is 63.8 Å². The molecular formula is C11H20N4. The quantitative estimate of drug-likeness (QED) is 0.797. The number of aryl methyl sites for hydroxylation is 1. The zero-order chi connectivity index (χ0) is 11.5. The molecule has 0 radical (unpaired) electrons. The standard InChI is InChI=1S/C11H20N4/c1-5-6-11(3,4)15-9-8(2)7-13-10(12)14-9/h7H,5-6H2,1-4H3,(H3,12,13,14,15). The molecule has 1 aromatic rings. The first-order chi connectivity index (χ1) is 6.94. The van der Waals surface area contributed by atoms with E-state index in [1.807, 2.05) is 6.92 Å². The Morgan fingerprint density at radius 2 is 2.13 bits per heavy atom. The first-order valence-electron chi connectivity index (χ1n) is 5.32. The van der Waals surface area contributed by atoms with E-state index in [0.29, 0.717) is 5.95 Å². The van der Waals surface area contributed by atoms with Crippen LogP contribution in [0.3, 0.4) is 0 Å². The number of anilines is 2. The van der Waals surface area contributed by atoms with Crippen LogP contribution in [-0.2, 0) is 0 Å². The molecule has 4 nitrogen and oxygen atoms in total. The van der Waals surface area contributed by atoms with Crippen LogP contribution >= 0.6 is 0 Å². The number of hydrogen-bond acceptors (Lipinski definition) is 4. The predicted molar refractivity (Wildman–Crippen MR) is 63.8 cm³/mol. The lowest BCUT2D eigenvalue weighted by Gasteiger charge is -2.27. The molecule has 3 N–H and O–H groups in total. The highest BCUT2D eigenvalue weighted by Crippen LogP contribution is 2.20. The lowest BCUT2D eigenvalue weighted by molar-refractivity contribution is 0.508. The normalized spacial score (nSPS) is 11.5. The van der Waals surface area contributed by atoms with Gasteiger partial charge in [0.15, 0.2) is 0 Å². The molecule has 0 aliphatic carbocycles. The molecule has 0 amide bonds. The van der Waals surface area contributed by atoms with Crippen molar-refractivity contribution < 1.29 is 0 Å². The third kappa shape index (κ3) is 3.38. The molecule has 0 saturated carbocycles. The molecule has 1 aromatic heterocycles. The maximum Gasteiger partial charge on any atom is 0.221 e. The molecule has 0 aliphatic rings. The van der Waals surface area contributed by atoms with Gasteiger partial charge in [0.1, 0.15) is 5.82 Å². The highest BCUT2D eigenvalue weighted by molar-refractivity contribution is 5.46. The fourth-order valence-electron chi connectivity index (χ4n) is 1.59. The van der Waals surface area contributed by atoms with Crippen LogP contribution in [-0.4, -0.2) is 15.5 Å². The van der Waals surface area contributed by atoms with Gasteiger partial charge in [0.2, 0.25) is 5.95 Å². The van der Waals surface area contributed by atoms with Gasteiger partial charge in [-0.25, -0.2) is 4.98 Å². The molecule has 0 bridgehead atoms. The van der Waals surface area contributed by atoms with Crippen molar-refractivity contribution in [2.75, 3.05) is 11.1 Å². The Morgan fingerprint density at radius 3 is 2.73 bits per heavy atom. The summed E-state index contributed by atoms with van der Waals surface area (Å²) in [4.78, 5) is 8.14. The maximum absolute atomic E-state index is 5.56. The monoisotopic (exact) mass is 208 g/mol. The minimum atomic E-state index is 0.0420. The first kappa shape index (κ1) is 11.8. The summed E-state index contributed by atoms with van der Waals surface area (Å²) in [5.74, 6) is 1.15. The van der Waals surface area contributed by atoms with Crippen LogP contribution in [0.25, 0.3) is 0 Å². The summed E-state index contributed by atoms with van der Waals surface area (Å²) in [5, 5.41) is 3.40. The highest BCUT2D eigenvalue weighted by atomic mass is 15.1. The first-order valence-corrected chi connectivity index (χ1v) is 5.32. The van der Waals surface area contributed by atoms with Gasteiger partial charge in [-0.15, -0.1) is 0 Å². The molecule has 1 heterocycles. The summed E-state index contributed by atoms with van der Waals surface area (Å²) >= 11 is 0. The summed E-state index contributed by atoms with van der Waals surface area (Å²) in [6, 6.07) is 0. The van der Waals surface area contributed by atoms with Crippen molar-refractivity contribution in [3.05, 3.63) is 11.8 Å². The Hall–Kier alpha value is -1.32. The lowest BCUT2D eigenvalue weighted by Crippen LogP contribution is -2.31. The van der Waals surface area contributed by atoms with Crippen molar-refractivity contribution in [2.24, 2.45) is 0 Å².